The van der Waals surface area contributed by atoms with Crippen LogP contribution in [0.4, 0.5) is 0 Å². The topological polar surface area (TPSA) is 124 Å². The molecule has 1 aromatic carbocycles. The number of benzene rings is 1. The Morgan fingerprint density at radius 3 is 2.75 bits per heavy atom. The fourth-order valence-corrected chi connectivity index (χ4v) is 4.06. The quantitative estimate of drug-likeness (QED) is 0.375. The second kappa shape index (κ2) is 9.55. The van der Waals surface area contributed by atoms with Gasteiger partial charge in [0.25, 0.3) is 5.91 Å². The fourth-order valence-electron chi connectivity index (χ4n) is 3.17. The Bertz CT molecular complexity index is 1310. The van der Waals surface area contributed by atoms with Gasteiger partial charge in [0.15, 0.2) is 0 Å². The Balaban J connectivity index is 1.82. The van der Waals surface area contributed by atoms with Crippen molar-refractivity contribution in [3.05, 3.63) is 52.8 Å². The molecule has 0 unspecified atom stereocenters. The summed E-state index contributed by atoms with van der Waals surface area (Å²) in [5.41, 5.74) is 2.17. The highest BCUT2D eigenvalue weighted by atomic mass is 35.5. The maximum atomic E-state index is 12.2. The Morgan fingerprint density at radius 1 is 1.28 bits per heavy atom. The second-order valence-electron chi connectivity index (χ2n) is 6.76. The van der Waals surface area contributed by atoms with Gasteiger partial charge in [0.05, 0.1) is 17.8 Å². The third-order valence-electron chi connectivity index (χ3n) is 4.47. The first-order valence-electron chi connectivity index (χ1n) is 9.57. The van der Waals surface area contributed by atoms with Crippen LogP contribution in [0.1, 0.15) is 18.2 Å². The maximum absolute atomic E-state index is 12.2. The molecule has 32 heavy (non-hydrogen) atoms. The molecule has 0 bridgehead atoms. The maximum Gasteiger partial charge on any atom is 0.321 e. The summed E-state index contributed by atoms with van der Waals surface area (Å²) in [6.07, 6.45) is 4.42. The molecule has 12 heteroatoms. The third kappa shape index (κ3) is 5.36. The van der Waals surface area contributed by atoms with E-state index in [0.717, 1.165) is 17.0 Å². The summed E-state index contributed by atoms with van der Waals surface area (Å²) < 4.78 is 35.9. The Labute approximate surface area is 190 Å². The average Bonchev–Trinajstić information content (AvgIpc) is 3.23. The highest BCUT2D eigenvalue weighted by Gasteiger charge is 2.17. The number of nitrogens with zero attached hydrogens (tertiary/aromatic N) is 3. The molecule has 0 saturated carbocycles. The minimum absolute atomic E-state index is 0.117. The van der Waals surface area contributed by atoms with Gasteiger partial charge in [-0.25, -0.2) is 4.72 Å². The summed E-state index contributed by atoms with van der Waals surface area (Å²) >= 11 is 6.07. The number of carbonyl (C=O) groups is 2. The zero-order valence-electron chi connectivity index (χ0n) is 17.6. The Hall–Kier alpha value is -3.15. The molecule has 0 saturated heterocycles. The molecule has 0 radical (unpaired) electrons. The fraction of sp³-hybridized carbons (Fsp3) is 0.250. The first-order chi connectivity index (χ1) is 15.1. The van der Waals surface area contributed by atoms with Gasteiger partial charge in [-0.2, -0.15) is 18.2 Å². The highest BCUT2D eigenvalue weighted by molar-refractivity contribution is 7.88. The van der Waals surface area contributed by atoms with Crippen LogP contribution in [0.25, 0.3) is 22.8 Å². The van der Waals surface area contributed by atoms with Crippen molar-refractivity contribution in [2.24, 2.45) is 7.05 Å². The number of nitrogens with one attached hydrogen (secondary N) is 2. The van der Waals surface area contributed by atoms with Crippen LogP contribution in [0.5, 0.6) is 0 Å². The number of amides is 1. The van der Waals surface area contributed by atoms with Crippen molar-refractivity contribution < 1.29 is 22.7 Å². The highest BCUT2D eigenvalue weighted by Crippen LogP contribution is 2.27. The van der Waals surface area contributed by atoms with E-state index in [4.69, 9.17) is 11.6 Å². The van der Waals surface area contributed by atoms with Gasteiger partial charge in [0.1, 0.15) is 12.4 Å². The van der Waals surface area contributed by atoms with E-state index >= 15 is 0 Å². The number of esters is 1. The van der Waals surface area contributed by atoms with Crippen LogP contribution in [-0.4, -0.2) is 47.8 Å². The number of aryl methyl sites for hydroxylation is 2. The van der Waals surface area contributed by atoms with Crippen molar-refractivity contribution in [2.45, 2.75) is 13.8 Å². The van der Waals surface area contributed by atoms with Crippen molar-refractivity contribution in [1.82, 2.24) is 23.8 Å². The monoisotopic (exact) mass is 479 g/mol. The largest absolute Gasteiger partial charge is 0.465 e. The number of hydrogen-bond donors (Lipinski definition) is 2. The van der Waals surface area contributed by atoms with Gasteiger partial charge < -0.3 is 9.30 Å². The number of hydrogen-bond acceptors (Lipinski definition) is 6. The SMILES string of the molecule is CCOC(=O)CNS(=O)(=O)NC(=O)C=Cc1c(C)nn(C)c1-n1ccc2cc(Cl)ccc21. The van der Waals surface area contributed by atoms with E-state index in [-0.39, 0.29) is 6.61 Å². The lowest BCUT2D eigenvalue weighted by molar-refractivity contribution is -0.141. The molecule has 3 aromatic rings. The predicted octanol–water partition coefficient (Wildman–Crippen LogP) is 1.85. The Kier molecular flexibility index (Phi) is 7.02. The van der Waals surface area contributed by atoms with Crippen molar-refractivity contribution in [3.8, 4) is 5.82 Å². The van der Waals surface area contributed by atoms with Crippen molar-refractivity contribution in [1.29, 1.82) is 0 Å². The lowest BCUT2D eigenvalue weighted by Gasteiger charge is -2.08. The first-order valence-corrected chi connectivity index (χ1v) is 11.4. The van der Waals surface area contributed by atoms with Gasteiger partial charge in [-0.3, -0.25) is 14.3 Å². The Morgan fingerprint density at radius 2 is 2.03 bits per heavy atom. The van der Waals surface area contributed by atoms with E-state index in [1.807, 2.05) is 38.4 Å². The number of rotatable bonds is 8. The van der Waals surface area contributed by atoms with E-state index in [0.29, 0.717) is 22.1 Å². The molecule has 0 spiro atoms. The molecule has 10 nitrogen and oxygen atoms in total. The van der Waals surface area contributed by atoms with Gasteiger partial charge in [0.2, 0.25) is 0 Å². The molecule has 0 fully saturated rings. The molecule has 0 aliphatic carbocycles. The third-order valence-corrected chi connectivity index (χ3v) is 5.70. The molecular formula is C20H22ClN5O5S. The molecule has 3 rings (SSSR count). The van der Waals surface area contributed by atoms with Crippen LogP contribution in [0.15, 0.2) is 36.5 Å². The number of aromatic nitrogens is 3. The standard InChI is InChI=1S/C20H22ClN5O5S/c1-4-31-19(28)12-22-32(29,30)24-18(27)8-6-16-13(2)23-25(3)20(16)26-10-9-14-11-15(21)5-7-17(14)26/h5-11,22H,4,12H2,1-3H3,(H,24,27). The zero-order valence-corrected chi connectivity index (χ0v) is 19.2. The van der Waals surface area contributed by atoms with Crippen LogP contribution in [0.2, 0.25) is 5.02 Å². The van der Waals surface area contributed by atoms with Gasteiger partial charge in [0, 0.05) is 35.3 Å². The summed E-state index contributed by atoms with van der Waals surface area (Å²) in [5.74, 6) is -0.955. The van der Waals surface area contributed by atoms with Gasteiger partial charge in [-0.1, -0.05) is 11.6 Å². The van der Waals surface area contributed by atoms with Crippen molar-refractivity contribution in [2.75, 3.05) is 13.2 Å². The summed E-state index contributed by atoms with van der Waals surface area (Å²) in [5, 5.41) is 5.96. The molecule has 1 amide bonds. The number of ether oxygens (including phenoxy) is 1. The molecule has 170 valence electrons. The van der Waals surface area contributed by atoms with Crippen LogP contribution in [0.3, 0.4) is 0 Å². The molecule has 2 aromatic heterocycles. The molecule has 0 aliphatic rings. The van der Waals surface area contributed by atoms with E-state index in [1.165, 1.54) is 6.08 Å². The van der Waals surface area contributed by atoms with Crippen LogP contribution in [0, 0.1) is 6.92 Å². The number of halogens is 1. The second-order valence-corrected chi connectivity index (χ2v) is 8.70. The molecule has 2 N–H and O–H groups in total. The number of fused-ring (bicyclic) bond motifs is 1. The van der Waals surface area contributed by atoms with Crippen molar-refractivity contribution >= 4 is 50.7 Å². The smallest absolute Gasteiger partial charge is 0.321 e. The van der Waals surface area contributed by atoms with Crippen molar-refractivity contribution in [3.63, 3.8) is 0 Å². The minimum Gasteiger partial charge on any atom is -0.465 e. The predicted molar refractivity (Wildman–Crippen MR) is 121 cm³/mol. The van der Waals surface area contributed by atoms with Gasteiger partial charge in [-0.15, -0.1) is 0 Å². The summed E-state index contributed by atoms with van der Waals surface area (Å²) in [4.78, 5) is 23.5. The van der Waals surface area contributed by atoms with Crippen LogP contribution >= 0.6 is 11.6 Å². The molecule has 0 atom stereocenters. The average molecular weight is 480 g/mol. The zero-order chi connectivity index (χ0) is 23.5. The molecule has 2 heterocycles. The first kappa shape index (κ1) is 23.5. The van der Waals surface area contributed by atoms with E-state index in [1.54, 1.807) is 31.6 Å². The van der Waals surface area contributed by atoms with Gasteiger partial charge in [-0.05, 0) is 44.2 Å². The normalized spacial score (nSPS) is 11.9. The van der Waals surface area contributed by atoms with Gasteiger partial charge >= 0.3 is 16.2 Å². The summed E-state index contributed by atoms with van der Waals surface area (Å²) in [6, 6.07) is 7.40. The van der Waals surface area contributed by atoms with E-state index < -0.39 is 28.6 Å². The van der Waals surface area contributed by atoms with Crippen LogP contribution in [-0.2, 0) is 31.6 Å². The lowest BCUT2D eigenvalue weighted by atomic mass is 10.2. The van der Waals surface area contributed by atoms with E-state index in [9.17, 15) is 18.0 Å². The minimum atomic E-state index is -4.23. The lowest BCUT2D eigenvalue weighted by Crippen LogP contribution is -2.42. The summed E-state index contributed by atoms with van der Waals surface area (Å²) in [6.45, 7) is 2.91. The summed E-state index contributed by atoms with van der Waals surface area (Å²) in [7, 11) is -2.46. The number of carbonyl (C=O) groups excluding carboxylic acids is 2. The molecule has 0 aliphatic heterocycles. The van der Waals surface area contributed by atoms with Crippen LogP contribution < -0.4 is 9.44 Å². The van der Waals surface area contributed by atoms with E-state index in [2.05, 4.69) is 9.84 Å². The molecular weight excluding hydrogens is 458 g/mol.